The van der Waals surface area contributed by atoms with E-state index in [1.165, 1.54) is 4.09 Å². The van der Waals surface area contributed by atoms with Gasteiger partial charge in [0.1, 0.15) is 5.75 Å². The molecule has 0 aliphatic carbocycles. The summed E-state index contributed by atoms with van der Waals surface area (Å²) in [5.74, 6) is 0.854. The van der Waals surface area contributed by atoms with Crippen molar-refractivity contribution in [3.8, 4) is 16.9 Å². The highest BCUT2D eigenvalue weighted by Crippen LogP contribution is 2.21. The summed E-state index contributed by atoms with van der Waals surface area (Å²) >= 11 is 4.07. The molecule has 0 bridgehead atoms. The standard InChI is InChI=1S/C10H10N2OS/c1-13-10-4-2-8(3-5-10)9-6-11-12(14)7-9/h2-7,14H,1H3. The first kappa shape index (κ1) is 9.15. The second-order valence-electron chi connectivity index (χ2n) is 2.88. The second-order valence-corrected chi connectivity index (χ2v) is 3.29. The molecule has 0 fully saturated rings. The summed E-state index contributed by atoms with van der Waals surface area (Å²) in [5.41, 5.74) is 2.15. The van der Waals surface area contributed by atoms with E-state index in [2.05, 4.69) is 17.9 Å². The van der Waals surface area contributed by atoms with Crippen molar-refractivity contribution in [2.45, 2.75) is 0 Å². The van der Waals surface area contributed by atoms with Crippen molar-refractivity contribution in [1.29, 1.82) is 0 Å². The van der Waals surface area contributed by atoms with Crippen LogP contribution >= 0.6 is 12.8 Å². The highest BCUT2D eigenvalue weighted by molar-refractivity contribution is 7.78. The number of aromatic nitrogens is 2. The number of ether oxygens (including phenoxy) is 1. The molecule has 72 valence electrons. The number of nitrogens with zero attached hydrogens (tertiary/aromatic N) is 2. The van der Waals surface area contributed by atoms with Gasteiger partial charge >= 0.3 is 0 Å². The summed E-state index contributed by atoms with van der Waals surface area (Å²) in [6, 6.07) is 7.82. The summed E-state index contributed by atoms with van der Waals surface area (Å²) in [6.07, 6.45) is 3.62. The molecule has 0 amide bonds. The van der Waals surface area contributed by atoms with Crippen molar-refractivity contribution in [1.82, 2.24) is 9.19 Å². The molecular weight excluding hydrogens is 196 g/mol. The molecule has 0 radical (unpaired) electrons. The van der Waals surface area contributed by atoms with Gasteiger partial charge in [-0.1, -0.05) is 12.1 Å². The maximum atomic E-state index is 5.07. The average molecular weight is 206 g/mol. The lowest BCUT2D eigenvalue weighted by atomic mass is 10.1. The Bertz CT molecular complexity index is 422. The molecule has 0 aliphatic heterocycles. The molecule has 0 aliphatic rings. The molecule has 0 saturated carbocycles. The van der Waals surface area contributed by atoms with Gasteiger partial charge in [-0.25, -0.2) is 4.09 Å². The SMILES string of the molecule is COc1ccc(-c2cnn(S)c2)cc1. The number of methoxy groups -OCH3 is 1. The average Bonchev–Trinajstić information content (AvgIpc) is 2.65. The van der Waals surface area contributed by atoms with Crippen LogP contribution in [-0.2, 0) is 0 Å². The van der Waals surface area contributed by atoms with E-state index >= 15 is 0 Å². The van der Waals surface area contributed by atoms with Gasteiger partial charge in [-0.15, -0.1) is 0 Å². The number of thiol groups is 1. The summed E-state index contributed by atoms with van der Waals surface area (Å²) in [5, 5.41) is 3.99. The van der Waals surface area contributed by atoms with Crippen molar-refractivity contribution in [2.75, 3.05) is 7.11 Å². The number of benzene rings is 1. The summed E-state index contributed by atoms with van der Waals surface area (Å²) in [7, 11) is 1.65. The van der Waals surface area contributed by atoms with Gasteiger partial charge in [0.15, 0.2) is 0 Å². The molecule has 0 spiro atoms. The molecule has 2 rings (SSSR count). The van der Waals surface area contributed by atoms with Crippen LogP contribution in [-0.4, -0.2) is 16.3 Å². The maximum absolute atomic E-state index is 5.07. The first-order chi connectivity index (χ1) is 6.79. The van der Waals surface area contributed by atoms with Crippen LogP contribution in [0.1, 0.15) is 0 Å². The van der Waals surface area contributed by atoms with Crippen molar-refractivity contribution < 1.29 is 4.74 Å². The quantitative estimate of drug-likeness (QED) is 0.763. The molecule has 3 nitrogen and oxygen atoms in total. The molecule has 0 atom stereocenters. The van der Waals surface area contributed by atoms with Crippen LogP contribution in [0.2, 0.25) is 0 Å². The molecule has 1 heterocycles. The smallest absolute Gasteiger partial charge is 0.118 e. The largest absolute Gasteiger partial charge is 0.497 e. The fourth-order valence-electron chi connectivity index (χ4n) is 1.24. The summed E-state index contributed by atoms with van der Waals surface area (Å²) < 4.78 is 6.56. The van der Waals surface area contributed by atoms with Gasteiger partial charge in [-0.3, -0.25) is 0 Å². The topological polar surface area (TPSA) is 27.1 Å². The van der Waals surface area contributed by atoms with Crippen LogP contribution in [0.15, 0.2) is 36.7 Å². The van der Waals surface area contributed by atoms with E-state index in [0.29, 0.717) is 0 Å². The summed E-state index contributed by atoms with van der Waals surface area (Å²) in [6.45, 7) is 0. The van der Waals surface area contributed by atoms with Crippen LogP contribution < -0.4 is 4.74 Å². The molecule has 14 heavy (non-hydrogen) atoms. The van der Waals surface area contributed by atoms with E-state index in [9.17, 15) is 0 Å². The summed E-state index contributed by atoms with van der Waals surface area (Å²) in [4.78, 5) is 0. The lowest BCUT2D eigenvalue weighted by Crippen LogP contribution is -1.81. The van der Waals surface area contributed by atoms with E-state index < -0.39 is 0 Å². The van der Waals surface area contributed by atoms with Crippen molar-refractivity contribution in [2.24, 2.45) is 0 Å². The molecule has 0 unspecified atom stereocenters. The molecule has 1 aromatic heterocycles. The van der Waals surface area contributed by atoms with E-state index in [1.807, 2.05) is 30.5 Å². The van der Waals surface area contributed by atoms with Gasteiger partial charge in [0.25, 0.3) is 0 Å². The third-order valence-corrected chi connectivity index (χ3v) is 2.21. The second kappa shape index (κ2) is 3.75. The fraction of sp³-hybridized carbons (Fsp3) is 0.100. The van der Waals surface area contributed by atoms with Gasteiger partial charge in [0.2, 0.25) is 0 Å². The minimum atomic E-state index is 0.854. The van der Waals surface area contributed by atoms with Crippen molar-refractivity contribution in [3.63, 3.8) is 0 Å². The molecule has 2 aromatic rings. The Balaban J connectivity index is 2.33. The van der Waals surface area contributed by atoms with Gasteiger partial charge < -0.3 is 4.74 Å². The van der Waals surface area contributed by atoms with Crippen LogP contribution in [0, 0.1) is 0 Å². The Labute approximate surface area is 87.9 Å². The fourth-order valence-corrected chi connectivity index (χ4v) is 1.42. The predicted octanol–water partition coefficient (Wildman–Crippen LogP) is 2.25. The van der Waals surface area contributed by atoms with Gasteiger partial charge in [0, 0.05) is 11.8 Å². The maximum Gasteiger partial charge on any atom is 0.118 e. The first-order valence-electron chi connectivity index (χ1n) is 4.18. The number of rotatable bonds is 2. The Morgan fingerprint density at radius 3 is 2.43 bits per heavy atom. The molecule has 0 N–H and O–H groups in total. The van der Waals surface area contributed by atoms with E-state index in [-0.39, 0.29) is 0 Å². The Morgan fingerprint density at radius 2 is 1.93 bits per heavy atom. The highest BCUT2D eigenvalue weighted by Gasteiger charge is 2.00. The van der Waals surface area contributed by atoms with Crippen LogP contribution in [0.3, 0.4) is 0 Å². The minimum absolute atomic E-state index is 0.854. The zero-order chi connectivity index (χ0) is 9.97. The lowest BCUT2D eigenvalue weighted by Gasteiger charge is -2.00. The predicted molar refractivity (Wildman–Crippen MR) is 58.6 cm³/mol. The molecule has 4 heteroatoms. The molecule has 1 aromatic carbocycles. The van der Waals surface area contributed by atoms with E-state index in [1.54, 1.807) is 13.3 Å². The third-order valence-electron chi connectivity index (χ3n) is 1.99. The minimum Gasteiger partial charge on any atom is -0.497 e. The first-order valence-corrected chi connectivity index (χ1v) is 4.58. The monoisotopic (exact) mass is 206 g/mol. The Hall–Kier alpha value is -1.42. The Kier molecular flexibility index (Phi) is 2.45. The zero-order valence-electron chi connectivity index (χ0n) is 7.71. The van der Waals surface area contributed by atoms with Crippen LogP contribution in [0.25, 0.3) is 11.1 Å². The number of hydrogen-bond acceptors (Lipinski definition) is 3. The highest BCUT2D eigenvalue weighted by atomic mass is 32.1. The third kappa shape index (κ3) is 1.75. The van der Waals surface area contributed by atoms with Gasteiger partial charge in [-0.2, -0.15) is 5.10 Å². The van der Waals surface area contributed by atoms with E-state index in [0.717, 1.165) is 16.9 Å². The number of hydrogen-bond donors (Lipinski definition) is 1. The van der Waals surface area contributed by atoms with Crippen LogP contribution in [0.4, 0.5) is 0 Å². The van der Waals surface area contributed by atoms with Gasteiger partial charge in [-0.05, 0) is 30.5 Å². The van der Waals surface area contributed by atoms with Crippen molar-refractivity contribution >= 4 is 12.8 Å². The van der Waals surface area contributed by atoms with Crippen molar-refractivity contribution in [3.05, 3.63) is 36.7 Å². The molecular formula is C10H10N2OS. The normalized spacial score (nSPS) is 10.1. The van der Waals surface area contributed by atoms with Crippen LogP contribution in [0.5, 0.6) is 5.75 Å². The van der Waals surface area contributed by atoms with E-state index in [4.69, 9.17) is 4.74 Å². The molecule has 0 saturated heterocycles. The lowest BCUT2D eigenvalue weighted by molar-refractivity contribution is 0.415. The zero-order valence-corrected chi connectivity index (χ0v) is 8.61. The van der Waals surface area contributed by atoms with Gasteiger partial charge in [0.05, 0.1) is 13.3 Å². The Morgan fingerprint density at radius 1 is 1.21 bits per heavy atom.